The molecule has 1 amide bonds. The zero-order valence-corrected chi connectivity index (χ0v) is 10.2. The number of aromatic hydroxyl groups is 2. The molecule has 0 saturated heterocycles. The highest BCUT2D eigenvalue weighted by Crippen LogP contribution is 2.33. The number of nitrogens with two attached hydrogens (primary N) is 1. The van der Waals surface area contributed by atoms with Gasteiger partial charge in [-0.1, -0.05) is 6.07 Å². The molecule has 0 atom stereocenters. The first-order chi connectivity index (χ1) is 8.65. The van der Waals surface area contributed by atoms with E-state index >= 15 is 0 Å². The van der Waals surface area contributed by atoms with Gasteiger partial charge in [0.25, 0.3) is 5.91 Å². The second-order valence-electron chi connectivity index (χ2n) is 4.54. The molecular formula is C13H18N2O3. The van der Waals surface area contributed by atoms with Crippen LogP contribution in [0.5, 0.6) is 11.5 Å². The fraction of sp³-hybridized carbons (Fsp3) is 0.462. The summed E-state index contributed by atoms with van der Waals surface area (Å²) in [5, 5.41) is 19.4. The summed E-state index contributed by atoms with van der Waals surface area (Å²) in [5.74, 6) is -0.682. The third-order valence-electron chi connectivity index (χ3n) is 3.09. The number of carbonyl (C=O) groups excluding carboxylic acids is 1. The topological polar surface area (TPSA) is 86.8 Å². The Bertz CT molecular complexity index is 424. The number of benzene rings is 1. The Morgan fingerprint density at radius 1 is 1.33 bits per heavy atom. The first kappa shape index (κ1) is 12.7. The highest BCUT2D eigenvalue weighted by molar-refractivity contribution is 5.99. The van der Waals surface area contributed by atoms with Gasteiger partial charge in [0.2, 0.25) is 0 Å². The Morgan fingerprint density at radius 2 is 1.94 bits per heavy atom. The number of rotatable bonds is 5. The second kappa shape index (κ2) is 5.27. The molecule has 0 aliphatic heterocycles. The predicted molar refractivity (Wildman–Crippen MR) is 67.5 cm³/mol. The maximum Gasteiger partial charge on any atom is 0.261 e. The lowest BCUT2D eigenvalue weighted by Crippen LogP contribution is -2.35. The molecule has 1 aromatic carbocycles. The van der Waals surface area contributed by atoms with Crippen LogP contribution in [0.25, 0.3) is 0 Å². The van der Waals surface area contributed by atoms with Gasteiger partial charge in [0.1, 0.15) is 17.1 Å². The minimum atomic E-state index is -0.318. The van der Waals surface area contributed by atoms with Crippen LogP contribution in [0.3, 0.4) is 0 Å². The average molecular weight is 250 g/mol. The van der Waals surface area contributed by atoms with E-state index in [1.807, 2.05) is 0 Å². The van der Waals surface area contributed by atoms with Gasteiger partial charge in [0, 0.05) is 12.6 Å². The highest BCUT2D eigenvalue weighted by atomic mass is 16.3. The summed E-state index contributed by atoms with van der Waals surface area (Å²) >= 11 is 0. The SMILES string of the molecule is NCCCN(C(=O)c1c(O)cccc1O)C1CC1. The van der Waals surface area contributed by atoms with Gasteiger partial charge in [-0.05, 0) is 37.9 Å². The maximum atomic E-state index is 12.3. The molecule has 4 N–H and O–H groups in total. The van der Waals surface area contributed by atoms with Gasteiger partial charge in [0.05, 0.1) is 0 Å². The monoisotopic (exact) mass is 250 g/mol. The molecule has 5 nitrogen and oxygen atoms in total. The van der Waals surface area contributed by atoms with Crippen LogP contribution in [0.2, 0.25) is 0 Å². The second-order valence-corrected chi connectivity index (χ2v) is 4.54. The fourth-order valence-electron chi connectivity index (χ4n) is 1.99. The van der Waals surface area contributed by atoms with Crippen molar-refractivity contribution in [1.82, 2.24) is 4.90 Å². The van der Waals surface area contributed by atoms with Crippen molar-refractivity contribution in [1.29, 1.82) is 0 Å². The number of hydrogen-bond donors (Lipinski definition) is 3. The third kappa shape index (κ3) is 2.56. The van der Waals surface area contributed by atoms with Gasteiger partial charge in [-0.25, -0.2) is 0 Å². The van der Waals surface area contributed by atoms with Crippen LogP contribution >= 0.6 is 0 Å². The Balaban J connectivity index is 2.22. The number of phenols is 2. The van der Waals surface area contributed by atoms with Crippen molar-refractivity contribution >= 4 is 5.91 Å². The van der Waals surface area contributed by atoms with E-state index in [9.17, 15) is 15.0 Å². The molecule has 0 unspecified atom stereocenters. The molecule has 0 heterocycles. The molecule has 18 heavy (non-hydrogen) atoms. The molecule has 5 heteroatoms. The smallest absolute Gasteiger partial charge is 0.261 e. The molecular weight excluding hydrogens is 232 g/mol. The Morgan fingerprint density at radius 3 is 2.44 bits per heavy atom. The lowest BCUT2D eigenvalue weighted by molar-refractivity contribution is 0.0736. The zero-order valence-electron chi connectivity index (χ0n) is 10.2. The number of hydrogen-bond acceptors (Lipinski definition) is 4. The van der Waals surface area contributed by atoms with Crippen LogP contribution in [0.1, 0.15) is 29.6 Å². The molecule has 0 radical (unpaired) electrons. The van der Waals surface area contributed by atoms with E-state index in [0.29, 0.717) is 13.1 Å². The zero-order chi connectivity index (χ0) is 13.1. The van der Waals surface area contributed by atoms with Gasteiger partial charge < -0.3 is 20.8 Å². The van der Waals surface area contributed by atoms with Gasteiger partial charge in [-0.15, -0.1) is 0 Å². The maximum absolute atomic E-state index is 12.3. The van der Waals surface area contributed by atoms with Crippen molar-refractivity contribution in [3.63, 3.8) is 0 Å². The van der Waals surface area contributed by atoms with E-state index in [-0.39, 0.29) is 29.0 Å². The molecule has 0 spiro atoms. The normalized spacial score (nSPS) is 14.5. The van der Waals surface area contributed by atoms with Crippen LogP contribution in [0, 0.1) is 0 Å². The quantitative estimate of drug-likeness (QED) is 0.729. The van der Waals surface area contributed by atoms with E-state index in [2.05, 4.69) is 0 Å². The summed E-state index contributed by atoms with van der Waals surface area (Å²) in [7, 11) is 0. The molecule has 1 aliphatic carbocycles. The van der Waals surface area contributed by atoms with Gasteiger partial charge in [0.15, 0.2) is 0 Å². The van der Waals surface area contributed by atoms with E-state index in [0.717, 1.165) is 19.3 Å². The lowest BCUT2D eigenvalue weighted by atomic mass is 10.1. The lowest BCUT2D eigenvalue weighted by Gasteiger charge is -2.23. The fourth-order valence-corrected chi connectivity index (χ4v) is 1.99. The van der Waals surface area contributed by atoms with Gasteiger partial charge in [-0.3, -0.25) is 4.79 Å². The molecule has 0 bridgehead atoms. The summed E-state index contributed by atoms with van der Waals surface area (Å²) in [6.07, 6.45) is 2.67. The van der Waals surface area contributed by atoms with E-state index in [1.54, 1.807) is 4.90 Å². The first-order valence-corrected chi connectivity index (χ1v) is 6.17. The van der Waals surface area contributed by atoms with Crippen LogP contribution in [-0.2, 0) is 0 Å². The summed E-state index contributed by atoms with van der Waals surface area (Å²) in [6, 6.07) is 4.54. The van der Waals surface area contributed by atoms with Gasteiger partial charge in [-0.2, -0.15) is 0 Å². The van der Waals surface area contributed by atoms with E-state index in [4.69, 9.17) is 5.73 Å². The molecule has 1 fully saturated rings. The van der Waals surface area contributed by atoms with Crippen molar-refractivity contribution in [3.05, 3.63) is 23.8 Å². The third-order valence-corrected chi connectivity index (χ3v) is 3.09. The minimum absolute atomic E-state index is 0.0126. The van der Waals surface area contributed by atoms with E-state index < -0.39 is 0 Å². The Kier molecular flexibility index (Phi) is 3.72. The molecule has 0 aromatic heterocycles. The van der Waals surface area contributed by atoms with Crippen LogP contribution in [0.4, 0.5) is 0 Å². The van der Waals surface area contributed by atoms with Crippen molar-refractivity contribution < 1.29 is 15.0 Å². The first-order valence-electron chi connectivity index (χ1n) is 6.17. The Hall–Kier alpha value is -1.75. The Labute approximate surface area is 106 Å². The highest BCUT2D eigenvalue weighted by Gasteiger charge is 2.34. The number of phenolic OH excluding ortho intramolecular Hbond substituents is 2. The standard InChI is InChI=1S/C13H18N2O3/c14-7-2-8-15(9-5-6-9)13(18)12-10(16)3-1-4-11(12)17/h1,3-4,9,16-17H,2,5-8,14H2. The summed E-state index contributed by atoms with van der Waals surface area (Å²) < 4.78 is 0. The molecule has 1 aliphatic rings. The van der Waals surface area contributed by atoms with Crippen LogP contribution in [-0.4, -0.2) is 40.2 Å². The molecule has 98 valence electrons. The average Bonchev–Trinajstić information content (AvgIpc) is 3.14. The number of amides is 1. The van der Waals surface area contributed by atoms with Crippen molar-refractivity contribution in [2.75, 3.05) is 13.1 Å². The van der Waals surface area contributed by atoms with Gasteiger partial charge >= 0.3 is 0 Å². The summed E-state index contributed by atoms with van der Waals surface area (Å²) in [5.41, 5.74) is 5.45. The van der Waals surface area contributed by atoms with Crippen molar-refractivity contribution in [3.8, 4) is 11.5 Å². The number of nitrogens with zero attached hydrogens (tertiary/aromatic N) is 1. The minimum Gasteiger partial charge on any atom is -0.507 e. The summed E-state index contributed by atoms with van der Waals surface area (Å²) in [4.78, 5) is 14.0. The largest absolute Gasteiger partial charge is 0.507 e. The molecule has 1 aromatic rings. The summed E-state index contributed by atoms with van der Waals surface area (Å²) in [6.45, 7) is 1.08. The van der Waals surface area contributed by atoms with Crippen LogP contribution in [0.15, 0.2) is 18.2 Å². The van der Waals surface area contributed by atoms with Crippen molar-refractivity contribution in [2.45, 2.75) is 25.3 Å². The van der Waals surface area contributed by atoms with E-state index in [1.165, 1.54) is 18.2 Å². The van der Waals surface area contributed by atoms with Crippen LogP contribution < -0.4 is 5.73 Å². The molecule has 1 saturated carbocycles. The molecule has 2 rings (SSSR count). The van der Waals surface area contributed by atoms with Crippen molar-refractivity contribution in [2.24, 2.45) is 5.73 Å². The number of carbonyl (C=O) groups is 1. The predicted octanol–water partition coefficient (Wildman–Crippen LogP) is 1.05.